The molecule has 0 aliphatic heterocycles. The van der Waals surface area contributed by atoms with Gasteiger partial charge in [0.15, 0.2) is 0 Å². The van der Waals surface area contributed by atoms with Gasteiger partial charge in [-0.25, -0.2) is 0 Å². The fourth-order valence-corrected chi connectivity index (χ4v) is 13.6. The summed E-state index contributed by atoms with van der Waals surface area (Å²) in [5.41, 5.74) is 15.6. The molecule has 0 N–H and O–H groups in total. The van der Waals surface area contributed by atoms with E-state index in [1.807, 2.05) is 11.3 Å². The van der Waals surface area contributed by atoms with E-state index in [9.17, 15) is 0 Å². The van der Waals surface area contributed by atoms with Gasteiger partial charge >= 0.3 is 0 Å². The molecule has 2 heteroatoms. The molecule has 4 bridgehead atoms. The van der Waals surface area contributed by atoms with Crippen molar-refractivity contribution in [2.75, 3.05) is 4.90 Å². The number of rotatable bonds is 3. The molecule has 248 valence electrons. The van der Waals surface area contributed by atoms with Crippen LogP contribution in [0.15, 0.2) is 127 Å². The predicted octanol–water partition coefficient (Wildman–Crippen LogP) is 13.6. The van der Waals surface area contributed by atoms with Crippen LogP contribution in [0.1, 0.15) is 68.2 Å². The second-order valence-corrected chi connectivity index (χ2v) is 18.0. The van der Waals surface area contributed by atoms with Gasteiger partial charge in [0.25, 0.3) is 0 Å². The normalized spacial score (nSPS) is 25.7. The van der Waals surface area contributed by atoms with E-state index < -0.39 is 0 Å². The van der Waals surface area contributed by atoms with Crippen molar-refractivity contribution < 1.29 is 0 Å². The van der Waals surface area contributed by atoms with E-state index in [0.29, 0.717) is 0 Å². The number of hydrogen-bond donors (Lipinski definition) is 0. The molecule has 13 rings (SSSR count). The van der Waals surface area contributed by atoms with Crippen LogP contribution in [-0.4, -0.2) is 0 Å². The second-order valence-electron chi connectivity index (χ2n) is 17.0. The monoisotopic (exact) mass is 675 g/mol. The first kappa shape index (κ1) is 29.0. The lowest BCUT2D eigenvalue weighted by molar-refractivity contribution is -0.0399. The van der Waals surface area contributed by atoms with Crippen molar-refractivity contribution in [1.29, 1.82) is 0 Å². The van der Waals surface area contributed by atoms with Crippen molar-refractivity contribution in [3.05, 3.63) is 150 Å². The van der Waals surface area contributed by atoms with Crippen LogP contribution in [0.2, 0.25) is 0 Å². The lowest BCUT2D eigenvalue weighted by Gasteiger charge is -2.61. The largest absolute Gasteiger partial charge is 0.310 e. The van der Waals surface area contributed by atoms with E-state index in [0.717, 1.165) is 23.7 Å². The summed E-state index contributed by atoms with van der Waals surface area (Å²) >= 11 is 1.91. The van der Waals surface area contributed by atoms with Crippen molar-refractivity contribution in [3.63, 3.8) is 0 Å². The Balaban J connectivity index is 1.09. The summed E-state index contributed by atoms with van der Waals surface area (Å²) < 4.78 is 2.70. The van der Waals surface area contributed by atoms with Crippen molar-refractivity contribution >= 4 is 48.6 Å². The Morgan fingerprint density at radius 3 is 1.75 bits per heavy atom. The Morgan fingerprint density at radius 1 is 0.471 bits per heavy atom. The van der Waals surface area contributed by atoms with E-state index in [1.165, 1.54) is 103 Å². The number of thiophene rings is 1. The Labute approximate surface area is 304 Å². The molecule has 0 saturated heterocycles. The van der Waals surface area contributed by atoms with Gasteiger partial charge in [-0.3, -0.25) is 0 Å². The zero-order valence-electron chi connectivity index (χ0n) is 29.3. The molecular formula is C49H41NS. The molecule has 0 atom stereocenters. The van der Waals surface area contributed by atoms with Crippen molar-refractivity contribution in [1.82, 2.24) is 0 Å². The number of anilines is 3. The Hall–Kier alpha value is -4.66. The Bertz CT molecular complexity index is 2570. The van der Waals surface area contributed by atoms with Crippen LogP contribution in [0.5, 0.6) is 0 Å². The van der Waals surface area contributed by atoms with Crippen LogP contribution >= 0.6 is 11.3 Å². The highest BCUT2D eigenvalue weighted by Crippen LogP contribution is 2.69. The SMILES string of the molecule is CC1(C)c2ccccc2-c2ccc(N(c3ccc4c(c3)C3(c5ccccc5-4)C4CC5CC(C4)CC3C5)c3ccc4c(c3)sc3ccccc34)cc21. The number of benzene rings is 6. The molecule has 4 saturated carbocycles. The topological polar surface area (TPSA) is 3.24 Å². The van der Waals surface area contributed by atoms with Crippen LogP contribution in [-0.2, 0) is 10.8 Å². The molecule has 6 aliphatic carbocycles. The smallest absolute Gasteiger partial charge is 0.0476 e. The van der Waals surface area contributed by atoms with E-state index in [2.05, 4.69) is 146 Å². The molecule has 0 radical (unpaired) electrons. The average Bonchev–Trinajstić information content (AvgIpc) is 3.74. The summed E-state index contributed by atoms with van der Waals surface area (Å²) in [5.74, 6) is 3.35. The number of fused-ring (bicyclic) bond motifs is 9. The van der Waals surface area contributed by atoms with Gasteiger partial charge in [-0.15, -0.1) is 11.3 Å². The first-order chi connectivity index (χ1) is 25.0. The van der Waals surface area contributed by atoms with Gasteiger partial charge in [-0.1, -0.05) is 98.8 Å². The average molecular weight is 676 g/mol. The van der Waals surface area contributed by atoms with E-state index in [4.69, 9.17) is 0 Å². The summed E-state index contributed by atoms with van der Waals surface area (Å²) in [7, 11) is 0. The molecule has 1 heterocycles. The predicted molar refractivity (Wildman–Crippen MR) is 215 cm³/mol. The van der Waals surface area contributed by atoms with Crippen LogP contribution in [0, 0.1) is 23.7 Å². The lowest BCUT2D eigenvalue weighted by atomic mass is 9.43. The van der Waals surface area contributed by atoms with Crippen molar-refractivity contribution in [2.24, 2.45) is 23.7 Å². The van der Waals surface area contributed by atoms with Crippen LogP contribution in [0.25, 0.3) is 42.4 Å². The number of hydrogen-bond acceptors (Lipinski definition) is 2. The van der Waals surface area contributed by atoms with Gasteiger partial charge in [0.2, 0.25) is 0 Å². The van der Waals surface area contributed by atoms with E-state index >= 15 is 0 Å². The van der Waals surface area contributed by atoms with Gasteiger partial charge in [-0.05, 0) is 143 Å². The van der Waals surface area contributed by atoms with Gasteiger partial charge < -0.3 is 4.90 Å². The van der Waals surface area contributed by atoms with Gasteiger partial charge in [0.05, 0.1) is 0 Å². The van der Waals surface area contributed by atoms with Gasteiger partial charge in [0.1, 0.15) is 0 Å². The fourth-order valence-electron chi connectivity index (χ4n) is 12.4. The molecule has 1 nitrogen and oxygen atoms in total. The molecule has 0 amide bonds. The highest BCUT2D eigenvalue weighted by molar-refractivity contribution is 7.25. The van der Waals surface area contributed by atoms with Crippen LogP contribution < -0.4 is 4.90 Å². The maximum Gasteiger partial charge on any atom is 0.0476 e. The Morgan fingerprint density at radius 2 is 1.00 bits per heavy atom. The Kier molecular flexibility index (Phi) is 5.69. The zero-order chi connectivity index (χ0) is 33.6. The highest BCUT2D eigenvalue weighted by atomic mass is 32.1. The second kappa shape index (κ2) is 10.0. The summed E-state index contributed by atoms with van der Waals surface area (Å²) in [5, 5.41) is 2.70. The number of nitrogens with zero attached hydrogens (tertiary/aromatic N) is 1. The third-order valence-corrected chi connectivity index (χ3v) is 15.4. The van der Waals surface area contributed by atoms with Crippen LogP contribution in [0.4, 0.5) is 17.1 Å². The summed E-state index contributed by atoms with van der Waals surface area (Å²) in [6.45, 7) is 4.80. The first-order valence-electron chi connectivity index (χ1n) is 19.2. The molecule has 1 spiro atoms. The minimum absolute atomic E-state index is 0.0624. The minimum Gasteiger partial charge on any atom is -0.310 e. The molecule has 7 aromatic rings. The summed E-state index contributed by atoms with van der Waals surface area (Å²) in [6, 6.07) is 49.4. The third-order valence-electron chi connectivity index (χ3n) is 14.2. The third kappa shape index (κ3) is 3.72. The van der Waals surface area contributed by atoms with Gasteiger partial charge in [-0.2, -0.15) is 0 Å². The maximum absolute atomic E-state index is 2.65. The minimum atomic E-state index is -0.0624. The fraction of sp³-hybridized carbons (Fsp3) is 0.265. The molecule has 0 unspecified atom stereocenters. The molecule has 6 aromatic carbocycles. The molecule has 6 aliphatic rings. The molecule has 4 fully saturated rings. The van der Waals surface area contributed by atoms with Crippen LogP contribution in [0.3, 0.4) is 0 Å². The van der Waals surface area contributed by atoms with E-state index in [1.54, 1.807) is 11.1 Å². The molecule has 1 aromatic heterocycles. The quantitative estimate of drug-likeness (QED) is 0.180. The van der Waals surface area contributed by atoms with Gasteiger partial charge in [0, 0.05) is 48.1 Å². The molecule has 51 heavy (non-hydrogen) atoms. The highest BCUT2D eigenvalue weighted by Gasteiger charge is 2.61. The first-order valence-corrected chi connectivity index (χ1v) is 20.0. The van der Waals surface area contributed by atoms with Crippen molar-refractivity contribution in [2.45, 2.75) is 56.8 Å². The molecular weight excluding hydrogens is 635 g/mol. The maximum atomic E-state index is 2.65. The van der Waals surface area contributed by atoms with Crippen molar-refractivity contribution in [3.8, 4) is 22.3 Å². The van der Waals surface area contributed by atoms with E-state index in [-0.39, 0.29) is 10.8 Å². The lowest BCUT2D eigenvalue weighted by Crippen LogP contribution is -2.55. The standard InChI is InChI=1S/C49H41NS/c1-48(2)42-12-6-3-9-36(42)38-18-15-33(26-44(38)48)50(35-17-20-41-40-11-5-8-14-46(40)51-47(41)28-35)34-16-19-39-37-10-4-7-13-43(37)49(45(39)27-34)31-22-29-21-30(24-31)25-32(49)23-29/h3-20,26-32H,21-25H2,1-2H3. The zero-order valence-corrected chi connectivity index (χ0v) is 30.1. The summed E-state index contributed by atoms with van der Waals surface area (Å²) in [6.07, 6.45) is 7.08. The summed E-state index contributed by atoms with van der Waals surface area (Å²) in [4.78, 5) is 2.58.